The third-order valence-corrected chi connectivity index (χ3v) is 1.68. The molecule has 0 aliphatic rings. The zero-order valence-corrected chi connectivity index (χ0v) is 9.66. The fourth-order valence-corrected chi connectivity index (χ4v) is 1.02. The normalized spacial score (nSPS) is 10.5. The van der Waals surface area contributed by atoms with Crippen molar-refractivity contribution in [3.63, 3.8) is 0 Å². The molecule has 0 spiro atoms. The van der Waals surface area contributed by atoms with Crippen molar-refractivity contribution in [3.8, 4) is 0 Å². The van der Waals surface area contributed by atoms with Gasteiger partial charge in [0.1, 0.15) is 17.5 Å². The van der Waals surface area contributed by atoms with Gasteiger partial charge in [-0.1, -0.05) is 11.6 Å². The molecule has 1 heterocycles. The highest BCUT2D eigenvalue weighted by molar-refractivity contribution is 6.29. The number of aromatic nitrogens is 2. The lowest BCUT2D eigenvalue weighted by molar-refractivity contribution is -0.192. The molecule has 0 radical (unpaired) electrons. The molecule has 0 saturated carbocycles. The predicted molar refractivity (Wildman–Crippen MR) is 53.3 cm³/mol. The van der Waals surface area contributed by atoms with E-state index < -0.39 is 18.1 Å². The summed E-state index contributed by atoms with van der Waals surface area (Å²) in [5.74, 6) is -3.05. The largest absolute Gasteiger partial charge is 0.490 e. The molecule has 0 aromatic carbocycles. The molecule has 0 amide bonds. The monoisotopic (exact) mass is 288 g/mol. The number of aryl methyl sites for hydroxylation is 1. The molecule has 2 N–H and O–H groups in total. The molecular weight excluding hydrogens is 281 g/mol. The first-order chi connectivity index (χ1) is 8.04. The van der Waals surface area contributed by atoms with E-state index in [1.807, 2.05) is 0 Å². The summed E-state index contributed by atoms with van der Waals surface area (Å²) in [6, 6.07) is 0. The van der Waals surface area contributed by atoms with E-state index in [9.17, 15) is 18.0 Å². The van der Waals surface area contributed by atoms with E-state index in [2.05, 4.69) is 4.98 Å². The quantitative estimate of drug-likeness (QED) is 0.861. The third kappa shape index (κ3) is 6.09. The van der Waals surface area contributed by atoms with Crippen molar-refractivity contribution in [3.05, 3.63) is 17.2 Å². The van der Waals surface area contributed by atoms with Crippen LogP contribution < -0.4 is 0 Å². The Morgan fingerprint density at radius 2 is 1.89 bits per heavy atom. The van der Waals surface area contributed by atoms with Gasteiger partial charge in [0, 0.05) is 6.20 Å². The highest BCUT2D eigenvalue weighted by Crippen LogP contribution is 2.13. The number of rotatable bonds is 2. The molecule has 0 saturated heterocycles. The van der Waals surface area contributed by atoms with Crippen molar-refractivity contribution < 1.29 is 33.0 Å². The summed E-state index contributed by atoms with van der Waals surface area (Å²) in [4.78, 5) is 23.0. The van der Waals surface area contributed by atoms with Gasteiger partial charge >= 0.3 is 18.1 Å². The van der Waals surface area contributed by atoms with Crippen molar-refractivity contribution in [2.75, 3.05) is 0 Å². The Balaban J connectivity index is 0.000000360. The second kappa shape index (κ2) is 6.24. The molecular formula is C8H8ClF3N2O4. The van der Waals surface area contributed by atoms with E-state index >= 15 is 0 Å². The van der Waals surface area contributed by atoms with Crippen LogP contribution in [-0.2, 0) is 16.1 Å². The van der Waals surface area contributed by atoms with Gasteiger partial charge in [0.2, 0.25) is 0 Å². The smallest absolute Gasteiger partial charge is 0.480 e. The van der Waals surface area contributed by atoms with Crippen molar-refractivity contribution in [2.24, 2.45) is 0 Å². The lowest BCUT2D eigenvalue weighted by atomic mass is 10.6. The summed E-state index contributed by atoms with van der Waals surface area (Å²) in [5, 5.41) is 15.9. The lowest BCUT2D eigenvalue weighted by Gasteiger charge is -1.97. The van der Waals surface area contributed by atoms with Crippen LogP contribution in [0.5, 0.6) is 0 Å². The Kier molecular flexibility index (Phi) is 5.63. The number of carboxylic acid groups (broad SMARTS) is 2. The van der Waals surface area contributed by atoms with Crippen molar-refractivity contribution >= 4 is 23.5 Å². The maximum absolute atomic E-state index is 10.6. The molecule has 1 aromatic rings. The second-order valence-electron chi connectivity index (χ2n) is 2.94. The van der Waals surface area contributed by atoms with Crippen LogP contribution in [-0.4, -0.2) is 37.9 Å². The average Bonchev–Trinajstić information content (AvgIpc) is 2.43. The first-order valence-electron chi connectivity index (χ1n) is 4.25. The van der Waals surface area contributed by atoms with Crippen molar-refractivity contribution in [2.45, 2.75) is 19.6 Å². The van der Waals surface area contributed by atoms with E-state index in [1.165, 1.54) is 10.8 Å². The van der Waals surface area contributed by atoms with Gasteiger partial charge < -0.3 is 14.8 Å². The molecule has 0 aliphatic carbocycles. The number of alkyl halides is 3. The van der Waals surface area contributed by atoms with Gasteiger partial charge in [-0.15, -0.1) is 0 Å². The zero-order valence-electron chi connectivity index (χ0n) is 8.90. The molecule has 10 heteroatoms. The number of imidazole rings is 1. The highest BCUT2D eigenvalue weighted by Gasteiger charge is 2.38. The van der Waals surface area contributed by atoms with E-state index in [4.69, 9.17) is 26.6 Å². The summed E-state index contributed by atoms with van der Waals surface area (Å²) < 4.78 is 33.2. The number of halogens is 4. The van der Waals surface area contributed by atoms with Crippen LogP contribution in [0.4, 0.5) is 13.2 Å². The maximum atomic E-state index is 10.6. The molecule has 0 bridgehead atoms. The molecule has 6 nitrogen and oxygen atoms in total. The summed E-state index contributed by atoms with van der Waals surface area (Å²) in [6.45, 7) is 1.61. The van der Waals surface area contributed by atoms with Gasteiger partial charge in [-0.2, -0.15) is 13.2 Å². The van der Waals surface area contributed by atoms with Gasteiger partial charge in [-0.25, -0.2) is 9.78 Å². The Morgan fingerprint density at radius 3 is 2.11 bits per heavy atom. The maximum Gasteiger partial charge on any atom is 0.490 e. The minimum absolute atomic E-state index is 0.0917. The van der Waals surface area contributed by atoms with Gasteiger partial charge in [0.15, 0.2) is 0 Å². The Labute approximate surface area is 104 Å². The number of carboxylic acids is 2. The van der Waals surface area contributed by atoms with Gasteiger partial charge in [-0.3, -0.25) is 4.79 Å². The lowest BCUT2D eigenvalue weighted by Crippen LogP contribution is -2.21. The number of aliphatic carboxylic acids is 2. The zero-order chi connectivity index (χ0) is 14.5. The molecule has 0 unspecified atom stereocenters. The fourth-order valence-electron chi connectivity index (χ4n) is 0.775. The number of hydrogen-bond donors (Lipinski definition) is 2. The van der Waals surface area contributed by atoms with Gasteiger partial charge in [-0.05, 0) is 6.92 Å². The summed E-state index contributed by atoms with van der Waals surface area (Å²) in [7, 11) is 0. The molecule has 18 heavy (non-hydrogen) atoms. The molecule has 1 rings (SSSR count). The number of carbonyl (C=O) groups is 2. The molecule has 0 fully saturated rings. The molecule has 1 aromatic heterocycles. The molecule has 0 atom stereocenters. The highest BCUT2D eigenvalue weighted by atomic mass is 35.5. The first-order valence-corrected chi connectivity index (χ1v) is 4.63. The fraction of sp³-hybridized carbons (Fsp3) is 0.375. The first kappa shape index (κ1) is 16.2. The van der Waals surface area contributed by atoms with E-state index in [1.54, 1.807) is 6.92 Å². The Hall–Kier alpha value is -1.77. The van der Waals surface area contributed by atoms with E-state index in [0.29, 0.717) is 11.0 Å². The van der Waals surface area contributed by atoms with E-state index in [-0.39, 0.29) is 6.54 Å². The second-order valence-corrected chi connectivity index (χ2v) is 3.32. The average molecular weight is 289 g/mol. The van der Waals surface area contributed by atoms with Crippen LogP contribution in [0.15, 0.2) is 6.20 Å². The molecule has 0 aliphatic heterocycles. The summed E-state index contributed by atoms with van der Waals surface area (Å²) >= 11 is 5.52. The van der Waals surface area contributed by atoms with Crippen LogP contribution in [0.1, 0.15) is 5.82 Å². The third-order valence-electron chi connectivity index (χ3n) is 1.49. The minimum Gasteiger partial charge on any atom is -0.480 e. The Morgan fingerprint density at radius 1 is 1.44 bits per heavy atom. The Bertz CT molecular complexity index is 444. The number of nitrogens with zero attached hydrogens (tertiary/aromatic N) is 2. The summed E-state index contributed by atoms with van der Waals surface area (Å²) in [5.41, 5.74) is 0. The SMILES string of the molecule is Cc1nc(Cl)cn1CC(=O)O.O=C(O)C(F)(F)F. The van der Waals surface area contributed by atoms with Crippen LogP contribution >= 0.6 is 11.6 Å². The van der Waals surface area contributed by atoms with Crippen molar-refractivity contribution in [1.29, 1.82) is 0 Å². The van der Waals surface area contributed by atoms with Gasteiger partial charge in [0.05, 0.1) is 0 Å². The standard InChI is InChI=1S/C6H7ClN2O2.C2HF3O2/c1-4-8-5(7)2-9(4)3-6(10)11;3-2(4,5)1(6)7/h2H,3H2,1H3,(H,10,11);(H,6,7). The minimum atomic E-state index is -5.08. The van der Waals surface area contributed by atoms with Crippen LogP contribution in [0, 0.1) is 6.92 Å². The topological polar surface area (TPSA) is 92.4 Å². The van der Waals surface area contributed by atoms with Crippen LogP contribution in [0.2, 0.25) is 5.15 Å². The molecule has 102 valence electrons. The van der Waals surface area contributed by atoms with Gasteiger partial charge in [0.25, 0.3) is 0 Å². The predicted octanol–water partition coefficient (Wildman–Crippen LogP) is 1.56. The van der Waals surface area contributed by atoms with Crippen LogP contribution in [0.25, 0.3) is 0 Å². The summed E-state index contributed by atoms with van der Waals surface area (Å²) in [6.07, 6.45) is -3.59. The van der Waals surface area contributed by atoms with Crippen LogP contribution in [0.3, 0.4) is 0 Å². The van der Waals surface area contributed by atoms with E-state index in [0.717, 1.165) is 0 Å². The van der Waals surface area contributed by atoms with Crippen molar-refractivity contribution in [1.82, 2.24) is 9.55 Å². The number of hydrogen-bond acceptors (Lipinski definition) is 3.